The molecule has 4 rings (SSSR count). The average Bonchev–Trinajstić information content (AvgIpc) is 3.52. The SMILES string of the molecule is C[C@]1(O)C(NCc2ccccc2)C[C@H](c2ccncc2[N+](=O)[O-])O[C@@H]1C1CC1. The summed E-state index contributed by atoms with van der Waals surface area (Å²) in [5.74, 6) is 0.291. The summed E-state index contributed by atoms with van der Waals surface area (Å²) in [5, 5.41) is 26.2. The maximum Gasteiger partial charge on any atom is 0.293 e. The molecule has 2 aromatic rings. The van der Waals surface area contributed by atoms with Gasteiger partial charge in [0.05, 0.1) is 22.7 Å². The zero-order valence-electron chi connectivity index (χ0n) is 15.8. The molecular formula is C21H25N3O4. The number of aromatic nitrogens is 1. The Kier molecular flexibility index (Phi) is 5.14. The van der Waals surface area contributed by atoms with Gasteiger partial charge in [-0.05, 0) is 43.7 Å². The first-order chi connectivity index (χ1) is 13.5. The number of pyridine rings is 1. The van der Waals surface area contributed by atoms with Crippen LogP contribution in [0, 0.1) is 16.0 Å². The van der Waals surface area contributed by atoms with Gasteiger partial charge in [-0.2, -0.15) is 0 Å². The number of benzene rings is 1. The number of hydrogen-bond donors (Lipinski definition) is 2. The van der Waals surface area contributed by atoms with Crippen LogP contribution < -0.4 is 5.32 Å². The molecule has 1 aliphatic carbocycles. The summed E-state index contributed by atoms with van der Waals surface area (Å²) in [6.07, 6.45) is 4.48. The van der Waals surface area contributed by atoms with Gasteiger partial charge in [-0.1, -0.05) is 30.3 Å². The van der Waals surface area contributed by atoms with Gasteiger partial charge in [0.15, 0.2) is 0 Å². The van der Waals surface area contributed by atoms with Gasteiger partial charge in [0.2, 0.25) is 0 Å². The van der Waals surface area contributed by atoms with Gasteiger partial charge in [-0.3, -0.25) is 15.1 Å². The minimum Gasteiger partial charge on any atom is -0.386 e. The second-order valence-corrected chi connectivity index (χ2v) is 7.95. The van der Waals surface area contributed by atoms with Crippen LogP contribution in [0.15, 0.2) is 48.8 Å². The number of aliphatic hydroxyl groups is 1. The zero-order valence-corrected chi connectivity index (χ0v) is 15.8. The lowest BCUT2D eigenvalue weighted by molar-refractivity contribution is -0.386. The van der Waals surface area contributed by atoms with Gasteiger partial charge in [0, 0.05) is 18.8 Å². The highest BCUT2D eigenvalue weighted by Gasteiger charge is 2.53. The topological polar surface area (TPSA) is 97.5 Å². The van der Waals surface area contributed by atoms with Crippen molar-refractivity contribution < 1.29 is 14.8 Å². The molecule has 0 amide bonds. The van der Waals surface area contributed by atoms with E-state index in [1.807, 2.05) is 37.3 Å². The van der Waals surface area contributed by atoms with Gasteiger partial charge in [-0.15, -0.1) is 0 Å². The number of nitrogens with one attached hydrogen (secondary N) is 1. The fraction of sp³-hybridized carbons (Fsp3) is 0.476. The van der Waals surface area contributed by atoms with E-state index >= 15 is 0 Å². The van der Waals surface area contributed by atoms with Crippen LogP contribution in [0.4, 0.5) is 5.69 Å². The van der Waals surface area contributed by atoms with Crippen molar-refractivity contribution in [2.75, 3.05) is 0 Å². The lowest BCUT2D eigenvalue weighted by Gasteiger charge is -2.47. The first-order valence-corrected chi connectivity index (χ1v) is 9.70. The van der Waals surface area contributed by atoms with Crippen molar-refractivity contribution in [1.29, 1.82) is 0 Å². The van der Waals surface area contributed by atoms with E-state index < -0.39 is 16.6 Å². The zero-order chi connectivity index (χ0) is 19.7. The minimum absolute atomic E-state index is 0.0367. The fourth-order valence-electron chi connectivity index (χ4n) is 4.16. The van der Waals surface area contributed by atoms with Crippen LogP contribution in [0.3, 0.4) is 0 Å². The number of nitrogens with zero attached hydrogens (tertiary/aromatic N) is 2. The van der Waals surface area contributed by atoms with Crippen LogP contribution in [0.5, 0.6) is 0 Å². The van der Waals surface area contributed by atoms with E-state index in [1.165, 1.54) is 6.20 Å². The molecule has 2 heterocycles. The molecule has 1 aromatic carbocycles. The molecular weight excluding hydrogens is 358 g/mol. The smallest absolute Gasteiger partial charge is 0.293 e. The molecule has 28 heavy (non-hydrogen) atoms. The van der Waals surface area contributed by atoms with E-state index in [4.69, 9.17) is 4.74 Å². The van der Waals surface area contributed by atoms with Crippen LogP contribution in [-0.4, -0.2) is 32.8 Å². The molecule has 7 heteroatoms. The van der Waals surface area contributed by atoms with Crippen molar-refractivity contribution in [3.05, 3.63) is 70.0 Å². The Morgan fingerprint density at radius 3 is 2.75 bits per heavy atom. The van der Waals surface area contributed by atoms with E-state index in [0.717, 1.165) is 18.4 Å². The number of rotatable bonds is 6. The molecule has 2 fully saturated rings. The molecule has 2 N–H and O–H groups in total. The molecule has 7 nitrogen and oxygen atoms in total. The molecule has 1 saturated carbocycles. The van der Waals surface area contributed by atoms with E-state index in [1.54, 1.807) is 12.3 Å². The maximum absolute atomic E-state index is 11.5. The van der Waals surface area contributed by atoms with E-state index in [2.05, 4.69) is 10.3 Å². The van der Waals surface area contributed by atoms with Crippen molar-refractivity contribution in [3.63, 3.8) is 0 Å². The van der Waals surface area contributed by atoms with E-state index in [-0.39, 0.29) is 17.8 Å². The van der Waals surface area contributed by atoms with Gasteiger partial charge < -0.3 is 15.2 Å². The van der Waals surface area contributed by atoms with Crippen molar-refractivity contribution in [3.8, 4) is 0 Å². The minimum atomic E-state index is -1.05. The first-order valence-electron chi connectivity index (χ1n) is 9.70. The Labute approximate surface area is 163 Å². The Morgan fingerprint density at radius 1 is 1.32 bits per heavy atom. The van der Waals surface area contributed by atoms with Crippen LogP contribution in [0.1, 0.15) is 43.4 Å². The lowest BCUT2D eigenvalue weighted by Crippen LogP contribution is -2.61. The summed E-state index contributed by atoms with van der Waals surface area (Å²) in [6.45, 7) is 2.43. The number of ether oxygens (including phenoxy) is 1. The van der Waals surface area contributed by atoms with Gasteiger partial charge in [0.1, 0.15) is 11.8 Å². The highest BCUT2D eigenvalue weighted by Crippen LogP contribution is 2.48. The quantitative estimate of drug-likeness (QED) is 0.587. The summed E-state index contributed by atoms with van der Waals surface area (Å²) in [6, 6.07) is 11.4. The summed E-state index contributed by atoms with van der Waals surface area (Å²) < 4.78 is 6.26. The second-order valence-electron chi connectivity index (χ2n) is 7.95. The van der Waals surface area contributed by atoms with Gasteiger partial charge in [0.25, 0.3) is 5.69 Å². The van der Waals surface area contributed by atoms with Crippen molar-refractivity contribution in [2.45, 2.75) is 56.6 Å². The maximum atomic E-state index is 11.5. The molecule has 1 unspecified atom stereocenters. The predicted molar refractivity (Wildman–Crippen MR) is 104 cm³/mol. The molecule has 1 saturated heterocycles. The summed E-state index contributed by atoms with van der Waals surface area (Å²) in [5.41, 5.74) is 0.561. The van der Waals surface area contributed by atoms with Crippen LogP contribution in [0.2, 0.25) is 0 Å². The predicted octanol–water partition coefficient (Wildman–Crippen LogP) is 3.14. The molecule has 1 aliphatic heterocycles. The molecule has 4 atom stereocenters. The normalized spacial score (nSPS) is 30.1. The standard InChI is InChI=1S/C21H25N3O4/c1-21(25)19(23-12-14-5-3-2-4-6-14)11-18(28-20(21)15-7-8-15)16-9-10-22-13-17(16)24(26)27/h2-6,9-10,13,15,18-20,23,25H,7-8,11-12H2,1H3/t18-,19?,20-,21+/m1/s1. The van der Waals surface area contributed by atoms with Gasteiger partial charge >= 0.3 is 0 Å². The molecule has 2 aliphatic rings. The molecule has 0 spiro atoms. The van der Waals surface area contributed by atoms with Crippen molar-refractivity contribution >= 4 is 5.69 Å². The summed E-state index contributed by atoms with van der Waals surface area (Å²) in [7, 11) is 0. The lowest BCUT2D eigenvalue weighted by atomic mass is 9.80. The Bertz CT molecular complexity index is 839. The number of nitro groups is 1. The van der Waals surface area contributed by atoms with Gasteiger partial charge in [-0.25, -0.2) is 0 Å². The highest BCUT2D eigenvalue weighted by molar-refractivity contribution is 5.39. The largest absolute Gasteiger partial charge is 0.386 e. The Morgan fingerprint density at radius 2 is 2.07 bits per heavy atom. The summed E-state index contributed by atoms with van der Waals surface area (Å²) >= 11 is 0. The first kappa shape index (κ1) is 19.0. The van der Waals surface area contributed by atoms with Crippen molar-refractivity contribution in [1.82, 2.24) is 10.3 Å². The summed E-state index contributed by atoms with van der Waals surface area (Å²) in [4.78, 5) is 14.9. The van der Waals surface area contributed by atoms with Crippen LogP contribution in [-0.2, 0) is 11.3 Å². The van der Waals surface area contributed by atoms with Crippen LogP contribution >= 0.6 is 0 Å². The monoisotopic (exact) mass is 383 g/mol. The third kappa shape index (κ3) is 3.78. The molecule has 148 valence electrons. The molecule has 0 bridgehead atoms. The second kappa shape index (κ2) is 7.58. The third-order valence-corrected chi connectivity index (χ3v) is 5.86. The van der Waals surface area contributed by atoms with E-state index in [9.17, 15) is 15.2 Å². The molecule has 1 aromatic heterocycles. The molecule has 0 radical (unpaired) electrons. The Balaban J connectivity index is 1.60. The fourth-order valence-corrected chi connectivity index (χ4v) is 4.16. The van der Waals surface area contributed by atoms with E-state index in [0.29, 0.717) is 24.4 Å². The van der Waals surface area contributed by atoms with Crippen molar-refractivity contribution in [2.24, 2.45) is 5.92 Å². The Hall–Kier alpha value is -2.35. The third-order valence-electron chi connectivity index (χ3n) is 5.86. The number of hydrogen-bond acceptors (Lipinski definition) is 6. The highest BCUT2D eigenvalue weighted by atomic mass is 16.6. The average molecular weight is 383 g/mol. The van der Waals surface area contributed by atoms with Crippen LogP contribution in [0.25, 0.3) is 0 Å².